The van der Waals surface area contributed by atoms with E-state index in [1.54, 1.807) is 23.9 Å². The lowest BCUT2D eigenvalue weighted by atomic mass is 10.0. The summed E-state index contributed by atoms with van der Waals surface area (Å²) < 4.78 is 6.87. The minimum atomic E-state index is 0.0967. The summed E-state index contributed by atoms with van der Waals surface area (Å²) in [7, 11) is 0. The van der Waals surface area contributed by atoms with Crippen LogP contribution in [0.5, 0.6) is 0 Å². The fourth-order valence-electron chi connectivity index (χ4n) is 3.17. The first-order valence-electron chi connectivity index (χ1n) is 8.40. The molecule has 6 heteroatoms. The van der Waals surface area contributed by atoms with Crippen molar-refractivity contribution < 1.29 is 9.53 Å². The SMILES string of the molecule is O=C(c1cc2ccccc2s1)N1CCOCC(Cc2ccncn2)C1. The molecule has 0 N–H and O–H groups in total. The van der Waals surface area contributed by atoms with Crippen LogP contribution in [0.15, 0.2) is 48.9 Å². The number of benzene rings is 1. The van der Waals surface area contributed by atoms with Crippen molar-refractivity contribution in [2.45, 2.75) is 6.42 Å². The number of nitrogens with zero attached hydrogens (tertiary/aromatic N) is 3. The first kappa shape index (κ1) is 16.2. The van der Waals surface area contributed by atoms with Gasteiger partial charge in [-0.2, -0.15) is 0 Å². The summed E-state index contributed by atoms with van der Waals surface area (Å²) in [5.74, 6) is 0.343. The molecule has 0 spiro atoms. The normalized spacial score (nSPS) is 18.2. The third kappa shape index (κ3) is 3.70. The van der Waals surface area contributed by atoms with E-state index < -0.39 is 0 Å². The topological polar surface area (TPSA) is 55.3 Å². The molecule has 1 atom stereocenters. The smallest absolute Gasteiger partial charge is 0.264 e. The third-order valence-electron chi connectivity index (χ3n) is 4.40. The second kappa shape index (κ2) is 7.29. The molecule has 1 unspecified atom stereocenters. The molecule has 1 fully saturated rings. The van der Waals surface area contributed by atoms with Gasteiger partial charge in [0.2, 0.25) is 0 Å². The molecule has 1 saturated heterocycles. The Labute approximate surface area is 150 Å². The van der Waals surface area contributed by atoms with Crippen LogP contribution in [-0.2, 0) is 11.2 Å². The predicted molar refractivity (Wildman–Crippen MR) is 97.8 cm³/mol. The molecule has 1 aliphatic rings. The Balaban J connectivity index is 1.50. The lowest BCUT2D eigenvalue weighted by Gasteiger charge is -2.23. The summed E-state index contributed by atoms with van der Waals surface area (Å²) in [6, 6.07) is 12.0. The number of rotatable bonds is 3. The van der Waals surface area contributed by atoms with Gasteiger partial charge >= 0.3 is 0 Å². The van der Waals surface area contributed by atoms with Crippen LogP contribution in [0, 0.1) is 5.92 Å². The Hall–Kier alpha value is -2.31. The van der Waals surface area contributed by atoms with Gasteiger partial charge < -0.3 is 9.64 Å². The van der Waals surface area contributed by atoms with Gasteiger partial charge in [-0.05, 0) is 30.0 Å². The van der Waals surface area contributed by atoms with Gasteiger partial charge in [0.05, 0.1) is 18.1 Å². The van der Waals surface area contributed by atoms with Gasteiger partial charge in [0, 0.05) is 35.6 Å². The van der Waals surface area contributed by atoms with E-state index in [1.807, 2.05) is 35.2 Å². The summed E-state index contributed by atoms with van der Waals surface area (Å²) in [6.45, 7) is 2.56. The Bertz CT molecular complexity index is 832. The maximum Gasteiger partial charge on any atom is 0.264 e. The lowest BCUT2D eigenvalue weighted by molar-refractivity contribution is 0.0742. The molecule has 0 radical (unpaired) electrons. The van der Waals surface area contributed by atoms with Crippen molar-refractivity contribution in [3.05, 3.63) is 59.5 Å². The van der Waals surface area contributed by atoms with Crippen LogP contribution < -0.4 is 0 Å². The van der Waals surface area contributed by atoms with Gasteiger partial charge in [-0.1, -0.05) is 18.2 Å². The molecule has 0 aliphatic carbocycles. The molecular weight excluding hydrogens is 334 g/mol. The maximum absolute atomic E-state index is 13.0. The van der Waals surface area contributed by atoms with Crippen LogP contribution in [0.25, 0.3) is 10.1 Å². The molecule has 1 amide bonds. The number of amides is 1. The highest BCUT2D eigenvalue weighted by atomic mass is 32.1. The van der Waals surface area contributed by atoms with Crippen LogP contribution in [0.4, 0.5) is 0 Å². The van der Waals surface area contributed by atoms with E-state index in [0.717, 1.165) is 27.1 Å². The minimum absolute atomic E-state index is 0.0967. The highest BCUT2D eigenvalue weighted by molar-refractivity contribution is 7.20. The number of fused-ring (bicyclic) bond motifs is 1. The zero-order valence-electron chi connectivity index (χ0n) is 13.8. The minimum Gasteiger partial charge on any atom is -0.379 e. The van der Waals surface area contributed by atoms with Gasteiger partial charge in [0.25, 0.3) is 5.91 Å². The van der Waals surface area contributed by atoms with Crippen LogP contribution in [-0.4, -0.2) is 47.1 Å². The largest absolute Gasteiger partial charge is 0.379 e. The van der Waals surface area contributed by atoms with Crippen molar-refractivity contribution >= 4 is 27.3 Å². The Morgan fingerprint density at radius 2 is 2.24 bits per heavy atom. The van der Waals surface area contributed by atoms with E-state index in [4.69, 9.17) is 4.74 Å². The first-order chi connectivity index (χ1) is 12.3. The predicted octanol–water partition coefficient (Wildman–Crippen LogP) is 3.02. The Kier molecular flexibility index (Phi) is 4.72. The highest BCUT2D eigenvalue weighted by Gasteiger charge is 2.25. The van der Waals surface area contributed by atoms with Crippen molar-refractivity contribution in [3.63, 3.8) is 0 Å². The molecular formula is C19H19N3O2S. The van der Waals surface area contributed by atoms with E-state index >= 15 is 0 Å². The van der Waals surface area contributed by atoms with Crippen LogP contribution in [0.3, 0.4) is 0 Å². The molecule has 0 saturated carbocycles. The second-order valence-corrected chi connectivity index (χ2v) is 7.33. The zero-order chi connectivity index (χ0) is 17.1. The zero-order valence-corrected chi connectivity index (χ0v) is 14.6. The number of carbonyl (C=O) groups is 1. The van der Waals surface area contributed by atoms with Gasteiger partial charge in [0.1, 0.15) is 6.33 Å². The Morgan fingerprint density at radius 1 is 1.32 bits per heavy atom. The number of hydrogen-bond donors (Lipinski definition) is 0. The summed E-state index contributed by atoms with van der Waals surface area (Å²) in [5.41, 5.74) is 0.986. The average Bonchev–Trinajstić information content (AvgIpc) is 2.95. The quantitative estimate of drug-likeness (QED) is 0.726. The van der Waals surface area contributed by atoms with Crippen LogP contribution in [0.1, 0.15) is 15.4 Å². The van der Waals surface area contributed by atoms with E-state index in [9.17, 15) is 4.79 Å². The van der Waals surface area contributed by atoms with Crippen molar-refractivity contribution in [2.24, 2.45) is 5.92 Å². The third-order valence-corrected chi connectivity index (χ3v) is 5.51. The molecule has 3 aromatic rings. The molecule has 1 aromatic carbocycles. The standard InChI is InChI=1S/C19H19N3O2S/c23-19(18-10-15-3-1-2-4-17(15)25-18)22-7-8-24-12-14(11-22)9-16-5-6-20-13-21-16/h1-6,10,13-14H,7-9,11-12H2. The van der Waals surface area contributed by atoms with Crippen LogP contribution in [0.2, 0.25) is 0 Å². The van der Waals surface area contributed by atoms with Gasteiger partial charge in [-0.15, -0.1) is 11.3 Å². The molecule has 3 heterocycles. The number of ether oxygens (including phenoxy) is 1. The summed E-state index contributed by atoms with van der Waals surface area (Å²) >= 11 is 1.56. The first-order valence-corrected chi connectivity index (χ1v) is 9.22. The monoisotopic (exact) mass is 353 g/mol. The Morgan fingerprint density at radius 3 is 3.08 bits per heavy atom. The van der Waals surface area contributed by atoms with Gasteiger partial charge in [-0.25, -0.2) is 9.97 Å². The highest BCUT2D eigenvalue weighted by Crippen LogP contribution is 2.27. The number of carbonyl (C=O) groups excluding carboxylic acids is 1. The van der Waals surface area contributed by atoms with Crippen molar-refractivity contribution in [3.8, 4) is 0 Å². The fourth-order valence-corrected chi connectivity index (χ4v) is 4.20. The van der Waals surface area contributed by atoms with Crippen molar-refractivity contribution in [1.29, 1.82) is 0 Å². The summed E-state index contributed by atoms with van der Waals surface area (Å²) in [4.78, 5) is 23.9. The summed E-state index contributed by atoms with van der Waals surface area (Å²) in [5, 5.41) is 1.12. The molecule has 128 valence electrons. The van der Waals surface area contributed by atoms with E-state index in [1.165, 1.54) is 0 Å². The lowest BCUT2D eigenvalue weighted by Crippen LogP contribution is -2.36. The van der Waals surface area contributed by atoms with E-state index in [-0.39, 0.29) is 11.8 Å². The molecule has 2 aromatic heterocycles. The van der Waals surface area contributed by atoms with E-state index in [0.29, 0.717) is 26.3 Å². The number of thiophene rings is 1. The van der Waals surface area contributed by atoms with Gasteiger partial charge in [0.15, 0.2) is 0 Å². The number of aromatic nitrogens is 2. The van der Waals surface area contributed by atoms with E-state index in [2.05, 4.69) is 16.0 Å². The molecule has 25 heavy (non-hydrogen) atoms. The fraction of sp³-hybridized carbons (Fsp3) is 0.316. The van der Waals surface area contributed by atoms with Crippen LogP contribution >= 0.6 is 11.3 Å². The van der Waals surface area contributed by atoms with Crippen molar-refractivity contribution in [2.75, 3.05) is 26.3 Å². The molecule has 5 nitrogen and oxygen atoms in total. The molecule has 4 rings (SSSR count). The molecule has 1 aliphatic heterocycles. The number of hydrogen-bond acceptors (Lipinski definition) is 5. The summed E-state index contributed by atoms with van der Waals surface area (Å²) in [6.07, 6.45) is 4.10. The average molecular weight is 353 g/mol. The van der Waals surface area contributed by atoms with Crippen molar-refractivity contribution in [1.82, 2.24) is 14.9 Å². The molecule has 0 bridgehead atoms. The second-order valence-electron chi connectivity index (χ2n) is 6.25. The maximum atomic E-state index is 13.0. The van der Waals surface area contributed by atoms with Gasteiger partial charge in [-0.3, -0.25) is 4.79 Å².